The topological polar surface area (TPSA) is 102 Å². The van der Waals surface area contributed by atoms with Gasteiger partial charge >= 0.3 is 0 Å². The van der Waals surface area contributed by atoms with Crippen LogP contribution in [0.4, 0.5) is 10.8 Å². The van der Waals surface area contributed by atoms with E-state index in [1.165, 1.54) is 11.3 Å². The predicted molar refractivity (Wildman–Crippen MR) is 132 cm³/mol. The van der Waals surface area contributed by atoms with Crippen LogP contribution in [0.5, 0.6) is 5.75 Å². The maximum Gasteiger partial charge on any atom is 0.271 e. The minimum absolute atomic E-state index is 0.0285. The van der Waals surface area contributed by atoms with Crippen LogP contribution in [0.1, 0.15) is 28.9 Å². The normalized spacial score (nSPS) is 16.0. The summed E-state index contributed by atoms with van der Waals surface area (Å²) < 4.78 is 10.8. The molecule has 9 heteroatoms. The summed E-state index contributed by atoms with van der Waals surface area (Å²) in [5, 5.41) is 11.2. The molecule has 1 saturated heterocycles. The van der Waals surface area contributed by atoms with E-state index in [0.29, 0.717) is 18.1 Å². The van der Waals surface area contributed by atoms with E-state index in [0.717, 1.165) is 36.4 Å². The Morgan fingerprint density at radius 3 is 2.82 bits per heavy atom. The predicted octanol–water partition coefficient (Wildman–Crippen LogP) is 3.53. The van der Waals surface area contributed by atoms with Gasteiger partial charge in [0.1, 0.15) is 17.5 Å². The Bertz CT molecular complexity index is 1100. The van der Waals surface area contributed by atoms with Crippen LogP contribution in [0.2, 0.25) is 0 Å². The highest BCUT2D eigenvalue weighted by Gasteiger charge is 2.25. The average molecular weight is 481 g/mol. The lowest BCUT2D eigenvalue weighted by Crippen LogP contribution is -2.49. The van der Waals surface area contributed by atoms with Gasteiger partial charge in [0.05, 0.1) is 13.2 Å². The number of methoxy groups -OCH3 is 1. The quantitative estimate of drug-likeness (QED) is 0.410. The van der Waals surface area contributed by atoms with Gasteiger partial charge < -0.3 is 25.4 Å². The van der Waals surface area contributed by atoms with Gasteiger partial charge in [-0.15, -0.1) is 11.3 Å². The van der Waals surface area contributed by atoms with E-state index in [2.05, 4.69) is 20.9 Å². The molecule has 4 rings (SSSR count). The van der Waals surface area contributed by atoms with Crippen LogP contribution in [0, 0.1) is 0 Å². The summed E-state index contributed by atoms with van der Waals surface area (Å²) in [6.45, 7) is 1.16. The number of nitrogens with one attached hydrogen (secondary N) is 3. The zero-order valence-corrected chi connectivity index (χ0v) is 19.8. The molecular weight excluding hydrogens is 452 g/mol. The van der Waals surface area contributed by atoms with Crippen LogP contribution in [0.3, 0.4) is 0 Å². The van der Waals surface area contributed by atoms with Gasteiger partial charge in [0.25, 0.3) is 5.91 Å². The lowest BCUT2D eigenvalue weighted by atomic mass is 10.0. The number of hydrogen-bond donors (Lipinski definition) is 3. The van der Waals surface area contributed by atoms with Crippen molar-refractivity contribution in [2.24, 2.45) is 0 Å². The Kier molecular flexibility index (Phi) is 8.11. The first-order valence-electron chi connectivity index (χ1n) is 11.2. The van der Waals surface area contributed by atoms with Gasteiger partial charge in [-0.3, -0.25) is 9.59 Å². The number of rotatable bonds is 10. The molecule has 1 aliphatic rings. The molecule has 0 radical (unpaired) electrons. The van der Waals surface area contributed by atoms with E-state index in [-0.39, 0.29) is 17.7 Å². The van der Waals surface area contributed by atoms with Crippen molar-refractivity contribution in [3.8, 4) is 5.75 Å². The minimum Gasteiger partial charge on any atom is -0.497 e. The number of nitrogens with zero attached hydrogens (tertiary/aromatic N) is 1. The minimum atomic E-state index is -0.729. The lowest BCUT2D eigenvalue weighted by Gasteiger charge is -2.19. The molecular formula is C25H28N4O4S. The third-order valence-electron chi connectivity index (χ3n) is 5.49. The second kappa shape index (κ2) is 11.6. The molecule has 178 valence electrons. The number of amides is 2. The van der Waals surface area contributed by atoms with E-state index >= 15 is 0 Å². The Morgan fingerprint density at radius 2 is 2.06 bits per heavy atom. The number of anilines is 2. The smallest absolute Gasteiger partial charge is 0.271 e. The summed E-state index contributed by atoms with van der Waals surface area (Å²) in [5.41, 5.74) is 2.01. The van der Waals surface area contributed by atoms with Crippen LogP contribution >= 0.6 is 11.3 Å². The molecule has 2 amide bonds. The van der Waals surface area contributed by atoms with Crippen LogP contribution in [-0.2, 0) is 16.0 Å². The third-order valence-corrected chi connectivity index (χ3v) is 6.25. The first-order chi connectivity index (χ1) is 16.6. The number of carbonyl (C=O) groups excluding carboxylic acids is 2. The van der Waals surface area contributed by atoms with E-state index in [4.69, 9.17) is 9.47 Å². The molecule has 3 N–H and O–H groups in total. The summed E-state index contributed by atoms with van der Waals surface area (Å²) in [6.07, 6.45) is 2.34. The maximum absolute atomic E-state index is 13.0. The maximum atomic E-state index is 13.0. The Balaban J connectivity index is 1.41. The van der Waals surface area contributed by atoms with E-state index in [9.17, 15) is 9.59 Å². The number of thiazole rings is 1. The highest BCUT2D eigenvalue weighted by Crippen LogP contribution is 2.24. The van der Waals surface area contributed by atoms with Gasteiger partial charge in [0, 0.05) is 36.7 Å². The standard InChI is InChI=1S/C25H28N4O4S/c1-32-19-10-5-9-18(14-19)27-25-29-22(16-34-25)24(31)28-21(13-17-7-3-2-4-8-17)23(30)26-15-20-11-6-12-33-20/h2-5,7-10,14,16,20-21H,6,11-13,15H2,1H3,(H,26,30)(H,27,29)(H,28,31)/t20-,21-/m0/s1. The number of carbonyl (C=O) groups is 2. The zero-order valence-electron chi connectivity index (χ0n) is 19.0. The summed E-state index contributed by atoms with van der Waals surface area (Å²) in [5.74, 6) is 0.0816. The highest BCUT2D eigenvalue weighted by molar-refractivity contribution is 7.14. The van der Waals surface area contributed by atoms with Gasteiger partial charge in [0.15, 0.2) is 5.13 Å². The lowest BCUT2D eigenvalue weighted by molar-refractivity contribution is -0.123. The first-order valence-corrected chi connectivity index (χ1v) is 12.1. The second-order valence-corrected chi connectivity index (χ2v) is 8.85. The molecule has 0 bridgehead atoms. The molecule has 0 aliphatic carbocycles. The molecule has 1 aliphatic heterocycles. The average Bonchev–Trinajstić information content (AvgIpc) is 3.55. The molecule has 2 atom stereocenters. The Hall–Kier alpha value is -3.43. The molecule has 34 heavy (non-hydrogen) atoms. The van der Waals surface area contributed by atoms with Crippen LogP contribution in [0.15, 0.2) is 60.0 Å². The fourth-order valence-electron chi connectivity index (χ4n) is 3.69. The van der Waals surface area contributed by atoms with Crippen molar-refractivity contribution in [2.45, 2.75) is 31.4 Å². The summed E-state index contributed by atoms with van der Waals surface area (Å²) >= 11 is 1.31. The van der Waals surface area contributed by atoms with Crippen molar-refractivity contribution < 1.29 is 19.1 Å². The molecule has 1 aromatic heterocycles. The van der Waals surface area contributed by atoms with Crippen molar-refractivity contribution >= 4 is 34.0 Å². The molecule has 0 saturated carbocycles. The van der Waals surface area contributed by atoms with Crippen LogP contribution < -0.4 is 20.7 Å². The van der Waals surface area contributed by atoms with Gasteiger partial charge in [-0.2, -0.15) is 0 Å². The van der Waals surface area contributed by atoms with Crippen molar-refractivity contribution in [3.63, 3.8) is 0 Å². The molecule has 1 fully saturated rings. The molecule has 0 unspecified atom stereocenters. The van der Waals surface area contributed by atoms with E-state index < -0.39 is 11.9 Å². The van der Waals surface area contributed by atoms with Crippen LogP contribution in [0.25, 0.3) is 0 Å². The molecule has 0 spiro atoms. The van der Waals surface area contributed by atoms with Gasteiger partial charge in [-0.1, -0.05) is 36.4 Å². The summed E-state index contributed by atoms with van der Waals surface area (Å²) in [7, 11) is 1.60. The van der Waals surface area contributed by atoms with Crippen molar-refractivity contribution in [2.75, 3.05) is 25.6 Å². The van der Waals surface area contributed by atoms with E-state index in [1.807, 2.05) is 54.6 Å². The second-order valence-electron chi connectivity index (χ2n) is 7.99. The first kappa shape index (κ1) is 23.7. The van der Waals surface area contributed by atoms with Crippen LogP contribution in [-0.4, -0.2) is 49.2 Å². The summed E-state index contributed by atoms with van der Waals surface area (Å²) in [6, 6.07) is 16.3. The zero-order chi connectivity index (χ0) is 23.8. The molecule has 8 nitrogen and oxygen atoms in total. The Labute approximate surface area is 202 Å². The fourth-order valence-corrected chi connectivity index (χ4v) is 4.40. The number of hydrogen-bond acceptors (Lipinski definition) is 7. The van der Waals surface area contributed by atoms with Crippen molar-refractivity contribution in [1.82, 2.24) is 15.6 Å². The highest BCUT2D eigenvalue weighted by atomic mass is 32.1. The molecule has 3 aromatic rings. The van der Waals surface area contributed by atoms with Gasteiger partial charge in [-0.05, 0) is 30.5 Å². The SMILES string of the molecule is COc1cccc(Nc2nc(C(=O)N[C@@H](Cc3ccccc3)C(=O)NC[C@@H]3CCCO3)cs2)c1. The largest absolute Gasteiger partial charge is 0.497 e. The number of aromatic nitrogens is 1. The molecule has 2 heterocycles. The fraction of sp³-hybridized carbons (Fsp3) is 0.320. The monoisotopic (exact) mass is 480 g/mol. The van der Waals surface area contributed by atoms with Crippen molar-refractivity contribution in [1.29, 1.82) is 0 Å². The van der Waals surface area contributed by atoms with E-state index in [1.54, 1.807) is 12.5 Å². The third kappa shape index (κ3) is 6.55. The van der Waals surface area contributed by atoms with Gasteiger partial charge in [0.2, 0.25) is 5.91 Å². The molecule has 2 aromatic carbocycles. The number of benzene rings is 2. The summed E-state index contributed by atoms with van der Waals surface area (Å²) in [4.78, 5) is 30.3. The van der Waals surface area contributed by atoms with Crippen molar-refractivity contribution in [3.05, 3.63) is 71.2 Å². The number of ether oxygens (including phenoxy) is 2. The van der Waals surface area contributed by atoms with Gasteiger partial charge in [-0.25, -0.2) is 4.98 Å². The Morgan fingerprint density at radius 1 is 1.21 bits per heavy atom.